The summed E-state index contributed by atoms with van der Waals surface area (Å²) in [6.45, 7) is 4.73. The Kier molecular flexibility index (Phi) is 4.74. The minimum absolute atomic E-state index is 0.00561. The van der Waals surface area contributed by atoms with Crippen molar-refractivity contribution in [1.29, 1.82) is 0 Å². The second-order valence-electron chi connectivity index (χ2n) is 4.90. The van der Waals surface area contributed by atoms with E-state index in [2.05, 4.69) is 22.6 Å². The molecule has 0 aliphatic carbocycles. The largest absolute Gasteiger partial charge is 0.325 e. The summed E-state index contributed by atoms with van der Waals surface area (Å²) in [6.07, 6.45) is 2.41. The van der Waals surface area contributed by atoms with Crippen LogP contribution in [0.1, 0.15) is 24.6 Å². The highest BCUT2D eigenvalue weighted by Gasteiger charge is 2.16. The molecule has 0 spiro atoms. The first-order chi connectivity index (χ1) is 8.65. The van der Waals surface area contributed by atoms with Gasteiger partial charge in [0.05, 0.1) is 5.69 Å². The van der Waals surface area contributed by atoms with Gasteiger partial charge in [0, 0.05) is 24.4 Å². The standard InChI is InChI=1S/C13H21N3OS/c1-10(17)15-12-5-8-18-13(12)9-14-11-3-6-16(2)7-4-11/h5,8,11,14H,3-4,6-7,9H2,1-2H3,(H,15,17). The number of anilines is 1. The molecular formula is C13H21N3OS. The fourth-order valence-corrected chi connectivity index (χ4v) is 3.01. The third kappa shape index (κ3) is 3.80. The van der Waals surface area contributed by atoms with E-state index in [-0.39, 0.29) is 5.91 Å². The zero-order valence-electron chi connectivity index (χ0n) is 11.0. The van der Waals surface area contributed by atoms with Crippen molar-refractivity contribution in [3.8, 4) is 0 Å². The summed E-state index contributed by atoms with van der Waals surface area (Å²) in [5.74, 6) is -0.00561. The number of nitrogens with zero attached hydrogens (tertiary/aromatic N) is 1. The van der Waals surface area contributed by atoms with Gasteiger partial charge >= 0.3 is 0 Å². The maximum atomic E-state index is 11.1. The maximum absolute atomic E-state index is 11.1. The highest BCUT2D eigenvalue weighted by Crippen LogP contribution is 2.22. The van der Waals surface area contributed by atoms with E-state index < -0.39 is 0 Å². The fourth-order valence-electron chi connectivity index (χ4n) is 2.23. The minimum atomic E-state index is -0.00561. The number of hydrogen-bond acceptors (Lipinski definition) is 4. The van der Waals surface area contributed by atoms with Crippen LogP contribution in [0.3, 0.4) is 0 Å². The molecule has 0 bridgehead atoms. The third-order valence-electron chi connectivity index (χ3n) is 3.33. The highest BCUT2D eigenvalue weighted by molar-refractivity contribution is 7.10. The van der Waals surface area contributed by atoms with E-state index in [4.69, 9.17) is 0 Å². The lowest BCUT2D eigenvalue weighted by atomic mass is 10.1. The molecule has 4 nitrogen and oxygen atoms in total. The van der Waals surface area contributed by atoms with Crippen LogP contribution in [-0.2, 0) is 11.3 Å². The van der Waals surface area contributed by atoms with Crippen molar-refractivity contribution < 1.29 is 4.79 Å². The molecule has 0 unspecified atom stereocenters. The van der Waals surface area contributed by atoms with Gasteiger partial charge in [-0.15, -0.1) is 11.3 Å². The molecule has 0 radical (unpaired) electrons. The summed E-state index contributed by atoms with van der Waals surface area (Å²) >= 11 is 1.69. The molecule has 2 heterocycles. The van der Waals surface area contributed by atoms with Gasteiger partial charge in [0.15, 0.2) is 0 Å². The molecule has 1 fully saturated rings. The number of carbonyl (C=O) groups is 1. The van der Waals surface area contributed by atoms with E-state index in [1.807, 2.05) is 11.4 Å². The van der Waals surface area contributed by atoms with E-state index in [0.717, 1.165) is 12.2 Å². The number of rotatable bonds is 4. The second kappa shape index (κ2) is 6.31. The normalized spacial score (nSPS) is 17.9. The zero-order valence-corrected chi connectivity index (χ0v) is 11.8. The van der Waals surface area contributed by atoms with Gasteiger partial charge in [0.1, 0.15) is 0 Å². The Morgan fingerprint density at radius 3 is 2.89 bits per heavy atom. The molecule has 1 aliphatic heterocycles. The lowest BCUT2D eigenvalue weighted by Crippen LogP contribution is -2.40. The van der Waals surface area contributed by atoms with Crippen LogP contribution in [0.15, 0.2) is 11.4 Å². The number of nitrogens with one attached hydrogen (secondary N) is 2. The third-order valence-corrected chi connectivity index (χ3v) is 4.25. The van der Waals surface area contributed by atoms with E-state index in [9.17, 15) is 4.79 Å². The topological polar surface area (TPSA) is 44.4 Å². The average Bonchev–Trinajstić information content (AvgIpc) is 2.75. The number of carbonyl (C=O) groups excluding carboxylic acids is 1. The monoisotopic (exact) mass is 267 g/mol. The van der Waals surface area contributed by atoms with Gasteiger partial charge in [-0.1, -0.05) is 0 Å². The van der Waals surface area contributed by atoms with Gasteiger partial charge in [0.25, 0.3) is 0 Å². The molecule has 0 aromatic carbocycles. The molecule has 1 aromatic heterocycles. The number of piperidine rings is 1. The smallest absolute Gasteiger partial charge is 0.221 e. The zero-order chi connectivity index (χ0) is 13.0. The first kappa shape index (κ1) is 13.5. The van der Waals surface area contributed by atoms with Crippen LogP contribution in [0.25, 0.3) is 0 Å². The van der Waals surface area contributed by atoms with Crippen LogP contribution < -0.4 is 10.6 Å². The molecule has 18 heavy (non-hydrogen) atoms. The van der Waals surface area contributed by atoms with Crippen LogP contribution in [0.5, 0.6) is 0 Å². The highest BCUT2D eigenvalue weighted by atomic mass is 32.1. The van der Waals surface area contributed by atoms with Crippen LogP contribution in [0, 0.1) is 0 Å². The summed E-state index contributed by atoms with van der Waals surface area (Å²) < 4.78 is 0. The van der Waals surface area contributed by atoms with Gasteiger partial charge in [0.2, 0.25) is 5.91 Å². The Hall–Kier alpha value is -0.910. The van der Waals surface area contributed by atoms with Gasteiger partial charge in [-0.3, -0.25) is 4.79 Å². The number of likely N-dealkylation sites (tertiary alicyclic amines) is 1. The first-order valence-electron chi connectivity index (χ1n) is 6.41. The summed E-state index contributed by atoms with van der Waals surface area (Å²) in [7, 11) is 2.17. The van der Waals surface area contributed by atoms with Crippen LogP contribution in [0.4, 0.5) is 5.69 Å². The summed E-state index contributed by atoms with van der Waals surface area (Å²) in [4.78, 5) is 14.7. The van der Waals surface area contributed by atoms with Crippen molar-refractivity contribution in [3.05, 3.63) is 16.3 Å². The van der Waals surface area contributed by atoms with E-state index in [1.54, 1.807) is 18.3 Å². The minimum Gasteiger partial charge on any atom is -0.325 e. The fraction of sp³-hybridized carbons (Fsp3) is 0.615. The van der Waals surface area contributed by atoms with Gasteiger partial charge < -0.3 is 15.5 Å². The maximum Gasteiger partial charge on any atom is 0.221 e. The summed E-state index contributed by atoms with van der Waals surface area (Å²) in [6, 6.07) is 2.58. The molecule has 1 aromatic rings. The Morgan fingerprint density at radius 1 is 1.50 bits per heavy atom. The Bertz CT molecular complexity index is 397. The van der Waals surface area contributed by atoms with Crippen molar-refractivity contribution in [1.82, 2.24) is 10.2 Å². The average molecular weight is 267 g/mol. The summed E-state index contributed by atoms with van der Waals surface area (Å²) in [5, 5.41) is 8.49. The molecular weight excluding hydrogens is 246 g/mol. The molecule has 1 saturated heterocycles. The quantitative estimate of drug-likeness (QED) is 0.875. The SMILES string of the molecule is CC(=O)Nc1ccsc1CNC1CCN(C)CC1. The molecule has 0 saturated carbocycles. The molecule has 2 rings (SSSR count). The molecule has 1 amide bonds. The van der Waals surface area contributed by atoms with E-state index >= 15 is 0 Å². The molecule has 1 aliphatic rings. The number of thiophene rings is 1. The van der Waals surface area contributed by atoms with Crippen molar-refractivity contribution >= 4 is 22.9 Å². The van der Waals surface area contributed by atoms with Crippen LogP contribution in [0.2, 0.25) is 0 Å². The predicted octanol–water partition coefficient (Wildman–Crippen LogP) is 1.89. The predicted molar refractivity (Wildman–Crippen MR) is 76.0 cm³/mol. The molecule has 0 atom stereocenters. The van der Waals surface area contributed by atoms with E-state index in [1.165, 1.54) is 30.8 Å². The van der Waals surface area contributed by atoms with Crippen molar-refractivity contribution in [2.45, 2.75) is 32.4 Å². The van der Waals surface area contributed by atoms with Crippen LogP contribution >= 0.6 is 11.3 Å². The van der Waals surface area contributed by atoms with Gasteiger partial charge in [-0.05, 0) is 44.4 Å². The van der Waals surface area contributed by atoms with Gasteiger partial charge in [-0.25, -0.2) is 0 Å². The lowest BCUT2D eigenvalue weighted by Gasteiger charge is -2.29. The van der Waals surface area contributed by atoms with Crippen LogP contribution in [-0.4, -0.2) is 37.0 Å². The van der Waals surface area contributed by atoms with Crippen molar-refractivity contribution in [2.75, 3.05) is 25.5 Å². The van der Waals surface area contributed by atoms with Crippen molar-refractivity contribution in [3.63, 3.8) is 0 Å². The molecule has 2 N–H and O–H groups in total. The Morgan fingerprint density at radius 2 is 2.22 bits per heavy atom. The Balaban J connectivity index is 1.83. The second-order valence-corrected chi connectivity index (χ2v) is 5.90. The number of amides is 1. The van der Waals surface area contributed by atoms with Crippen molar-refractivity contribution in [2.24, 2.45) is 0 Å². The summed E-state index contributed by atoms with van der Waals surface area (Å²) in [5.41, 5.74) is 0.952. The Labute approximate surface area is 112 Å². The van der Waals surface area contributed by atoms with Gasteiger partial charge in [-0.2, -0.15) is 0 Å². The lowest BCUT2D eigenvalue weighted by molar-refractivity contribution is -0.114. The van der Waals surface area contributed by atoms with E-state index in [0.29, 0.717) is 6.04 Å². The molecule has 5 heteroatoms. The molecule has 100 valence electrons. The number of hydrogen-bond donors (Lipinski definition) is 2. The first-order valence-corrected chi connectivity index (χ1v) is 7.29.